The van der Waals surface area contributed by atoms with E-state index in [1.54, 1.807) is 60.7 Å². The third-order valence-corrected chi connectivity index (χ3v) is 6.10. The van der Waals surface area contributed by atoms with E-state index in [1.807, 2.05) is 0 Å². The summed E-state index contributed by atoms with van der Waals surface area (Å²) in [5.74, 6) is -0.498. The van der Waals surface area contributed by atoms with Gasteiger partial charge in [-0.1, -0.05) is 36.4 Å². The molecule has 0 bridgehead atoms. The number of amides is 4. The van der Waals surface area contributed by atoms with Crippen LogP contribution in [0.4, 0.5) is 14.9 Å². The number of carbonyl (C=O) groups is 3. The first-order valence-electron chi connectivity index (χ1n) is 10.8. The fraction of sp³-hybridized carbons (Fsp3) is 0.115. The molecule has 0 spiro atoms. The predicted octanol–water partition coefficient (Wildman–Crippen LogP) is 4.55. The summed E-state index contributed by atoms with van der Waals surface area (Å²) in [5, 5.41) is 5.14. The van der Waals surface area contributed by atoms with Gasteiger partial charge in [0.15, 0.2) is 0 Å². The Hall–Kier alpha value is -3.93. The smallest absolute Gasteiger partial charge is 0.329 e. The van der Waals surface area contributed by atoms with E-state index in [1.165, 1.54) is 19.3 Å². The van der Waals surface area contributed by atoms with Crippen molar-refractivity contribution in [3.63, 3.8) is 0 Å². The first kappa shape index (κ1) is 25.2. The molecule has 1 heterocycles. The Kier molecular flexibility index (Phi) is 7.84. The topological polar surface area (TPSA) is 97.0 Å². The molecule has 0 unspecified atom stereocenters. The maximum atomic E-state index is 13.8. The number of imide groups is 1. The summed E-state index contributed by atoms with van der Waals surface area (Å²) in [6, 6.07) is 17.7. The average molecular weight is 601 g/mol. The zero-order valence-corrected chi connectivity index (χ0v) is 21.2. The SMILES string of the molecule is COc1ccccc1NC(=O)CN1C(=O)N/C(=C/c2ccc(OCc3ccccc3F)c(I)c2)C1=O. The van der Waals surface area contributed by atoms with Crippen LogP contribution in [-0.4, -0.2) is 36.4 Å². The minimum atomic E-state index is -0.694. The highest BCUT2D eigenvalue weighted by Crippen LogP contribution is 2.26. The van der Waals surface area contributed by atoms with Crippen LogP contribution in [0.25, 0.3) is 6.08 Å². The molecule has 0 aliphatic carbocycles. The van der Waals surface area contributed by atoms with E-state index in [2.05, 4.69) is 33.2 Å². The van der Waals surface area contributed by atoms with Crippen LogP contribution in [0, 0.1) is 9.39 Å². The minimum absolute atomic E-state index is 0.0425. The number of ether oxygens (including phenoxy) is 2. The number of rotatable bonds is 8. The third kappa shape index (κ3) is 5.82. The lowest BCUT2D eigenvalue weighted by Crippen LogP contribution is -2.38. The summed E-state index contributed by atoms with van der Waals surface area (Å²) >= 11 is 2.08. The molecule has 0 saturated carbocycles. The molecular formula is C26H21FIN3O5. The van der Waals surface area contributed by atoms with Gasteiger partial charge >= 0.3 is 6.03 Å². The number of methoxy groups -OCH3 is 1. The van der Waals surface area contributed by atoms with E-state index in [-0.39, 0.29) is 18.1 Å². The van der Waals surface area contributed by atoms with Gasteiger partial charge in [0.25, 0.3) is 5.91 Å². The number of benzene rings is 3. The van der Waals surface area contributed by atoms with Gasteiger partial charge in [-0.05, 0) is 64.6 Å². The molecule has 0 atom stereocenters. The van der Waals surface area contributed by atoms with Crippen LogP contribution < -0.4 is 20.1 Å². The molecule has 184 valence electrons. The Morgan fingerprint density at radius 3 is 2.58 bits per heavy atom. The Morgan fingerprint density at radius 1 is 1.08 bits per heavy atom. The molecule has 3 aromatic rings. The van der Waals surface area contributed by atoms with Crippen LogP contribution in [0.15, 0.2) is 72.4 Å². The number of halogens is 2. The zero-order valence-electron chi connectivity index (χ0n) is 19.1. The molecule has 2 N–H and O–H groups in total. The molecule has 1 fully saturated rings. The molecule has 4 rings (SSSR count). The Labute approximate surface area is 220 Å². The van der Waals surface area contributed by atoms with Crippen molar-refractivity contribution >= 4 is 52.2 Å². The van der Waals surface area contributed by atoms with Gasteiger partial charge in [-0.3, -0.25) is 9.59 Å². The normalized spacial score (nSPS) is 14.1. The molecule has 0 radical (unpaired) electrons. The number of nitrogens with zero attached hydrogens (tertiary/aromatic N) is 1. The summed E-state index contributed by atoms with van der Waals surface area (Å²) in [4.78, 5) is 38.4. The van der Waals surface area contributed by atoms with Crippen molar-refractivity contribution in [2.45, 2.75) is 6.61 Å². The fourth-order valence-electron chi connectivity index (χ4n) is 3.46. The van der Waals surface area contributed by atoms with E-state index >= 15 is 0 Å². The highest BCUT2D eigenvalue weighted by Gasteiger charge is 2.35. The van der Waals surface area contributed by atoms with Crippen molar-refractivity contribution < 1.29 is 28.2 Å². The van der Waals surface area contributed by atoms with Crippen molar-refractivity contribution in [1.29, 1.82) is 0 Å². The van der Waals surface area contributed by atoms with Gasteiger partial charge in [0, 0.05) is 5.56 Å². The van der Waals surface area contributed by atoms with E-state index in [9.17, 15) is 18.8 Å². The summed E-state index contributed by atoms with van der Waals surface area (Å²) in [7, 11) is 1.47. The lowest BCUT2D eigenvalue weighted by Gasteiger charge is -2.13. The van der Waals surface area contributed by atoms with E-state index in [0.29, 0.717) is 28.3 Å². The van der Waals surface area contributed by atoms with Crippen molar-refractivity contribution in [2.24, 2.45) is 0 Å². The third-order valence-electron chi connectivity index (χ3n) is 5.25. The van der Waals surface area contributed by atoms with Crippen molar-refractivity contribution in [1.82, 2.24) is 10.2 Å². The maximum Gasteiger partial charge on any atom is 0.329 e. The highest BCUT2D eigenvalue weighted by molar-refractivity contribution is 14.1. The molecular weight excluding hydrogens is 580 g/mol. The fourth-order valence-corrected chi connectivity index (χ4v) is 4.15. The number of para-hydroxylation sites is 2. The van der Waals surface area contributed by atoms with Crippen LogP contribution in [0.1, 0.15) is 11.1 Å². The van der Waals surface area contributed by atoms with E-state index in [4.69, 9.17) is 9.47 Å². The summed E-state index contributed by atoms with van der Waals surface area (Å²) in [6.07, 6.45) is 1.52. The number of urea groups is 1. The number of hydrogen-bond acceptors (Lipinski definition) is 5. The van der Waals surface area contributed by atoms with Gasteiger partial charge in [0.05, 0.1) is 16.4 Å². The molecule has 36 heavy (non-hydrogen) atoms. The number of carbonyl (C=O) groups excluding carboxylic acids is 3. The van der Waals surface area contributed by atoms with Crippen LogP contribution in [0.3, 0.4) is 0 Å². The van der Waals surface area contributed by atoms with Gasteiger partial charge in [0.1, 0.15) is 36.2 Å². The average Bonchev–Trinajstić information content (AvgIpc) is 3.12. The number of anilines is 1. The monoisotopic (exact) mass is 601 g/mol. The Bertz CT molecular complexity index is 1360. The van der Waals surface area contributed by atoms with Crippen LogP contribution in [0.2, 0.25) is 0 Å². The largest absolute Gasteiger partial charge is 0.495 e. The molecule has 0 aromatic heterocycles. The van der Waals surface area contributed by atoms with E-state index < -0.39 is 24.4 Å². The number of hydrogen-bond donors (Lipinski definition) is 2. The molecule has 1 saturated heterocycles. The number of nitrogens with one attached hydrogen (secondary N) is 2. The molecule has 1 aliphatic heterocycles. The lowest BCUT2D eigenvalue weighted by molar-refractivity contribution is -0.127. The van der Waals surface area contributed by atoms with Crippen LogP contribution in [0.5, 0.6) is 11.5 Å². The Balaban J connectivity index is 1.41. The lowest BCUT2D eigenvalue weighted by atomic mass is 10.2. The van der Waals surface area contributed by atoms with E-state index in [0.717, 1.165) is 8.47 Å². The second-order valence-electron chi connectivity index (χ2n) is 7.70. The van der Waals surface area contributed by atoms with Gasteiger partial charge in [0.2, 0.25) is 5.91 Å². The quantitative estimate of drug-likeness (QED) is 0.225. The van der Waals surface area contributed by atoms with Gasteiger partial charge in [-0.15, -0.1) is 0 Å². The zero-order chi connectivity index (χ0) is 25.7. The molecule has 10 heteroatoms. The highest BCUT2D eigenvalue weighted by atomic mass is 127. The predicted molar refractivity (Wildman–Crippen MR) is 140 cm³/mol. The van der Waals surface area contributed by atoms with Gasteiger partial charge in [-0.25, -0.2) is 14.1 Å². The summed E-state index contributed by atoms with van der Waals surface area (Å²) < 4.78 is 25.5. The summed E-state index contributed by atoms with van der Waals surface area (Å²) in [6.45, 7) is -0.385. The molecule has 8 nitrogen and oxygen atoms in total. The molecule has 3 aromatic carbocycles. The first-order valence-corrected chi connectivity index (χ1v) is 11.9. The molecule has 1 aliphatic rings. The first-order chi connectivity index (χ1) is 17.4. The Morgan fingerprint density at radius 2 is 1.83 bits per heavy atom. The van der Waals surface area contributed by atoms with Gasteiger partial charge in [-0.2, -0.15) is 0 Å². The standard InChI is InChI=1S/C26H21FIN3O5/c1-35-23-9-5-4-8-20(23)29-24(32)14-31-25(33)21(30-26(31)34)13-16-10-11-22(19(28)12-16)36-15-17-6-2-3-7-18(17)27/h2-13H,14-15H2,1H3,(H,29,32)(H,30,34)/b21-13+. The van der Waals surface area contributed by atoms with Crippen molar-refractivity contribution in [2.75, 3.05) is 19.0 Å². The molecule has 4 amide bonds. The summed E-state index contributed by atoms with van der Waals surface area (Å²) in [5.41, 5.74) is 1.55. The van der Waals surface area contributed by atoms with Crippen LogP contribution in [-0.2, 0) is 16.2 Å². The van der Waals surface area contributed by atoms with Crippen molar-refractivity contribution in [3.8, 4) is 11.5 Å². The second-order valence-corrected chi connectivity index (χ2v) is 8.86. The van der Waals surface area contributed by atoms with Gasteiger partial charge < -0.3 is 20.1 Å². The maximum absolute atomic E-state index is 13.8. The second kappa shape index (κ2) is 11.2. The van der Waals surface area contributed by atoms with Crippen molar-refractivity contribution in [3.05, 3.63) is 92.9 Å². The minimum Gasteiger partial charge on any atom is -0.495 e. The van der Waals surface area contributed by atoms with Crippen LogP contribution >= 0.6 is 22.6 Å².